The summed E-state index contributed by atoms with van der Waals surface area (Å²) in [6, 6.07) is 0. The molecule has 0 spiro atoms. The molecule has 1 rings (SSSR count). The molecule has 3 nitrogen and oxygen atoms in total. The summed E-state index contributed by atoms with van der Waals surface area (Å²) in [4.78, 5) is 9.55. The van der Waals surface area contributed by atoms with Gasteiger partial charge in [0.25, 0.3) is 0 Å². The second kappa shape index (κ2) is 6.33. The summed E-state index contributed by atoms with van der Waals surface area (Å²) >= 11 is 1.81. The fraction of sp³-hybridized carbons (Fsp3) is 0.750. The first-order chi connectivity index (χ1) is 9.04. The van der Waals surface area contributed by atoms with Crippen LogP contribution in [0.4, 0.5) is 5.82 Å². The fourth-order valence-electron chi connectivity index (χ4n) is 1.64. The minimum atomic E-state index is -0.0382. The summed E-state index contributed by atoms with van der Waals surface area (Å²) in [5.74, 6) is 1.90. The van der Waals surface area contributed by atoms with Crippen LogP contribution in [0.5, 0.6) is 0 Å². The summed E-state index contributed by atoms with van der Waals surface area (Å²) in [5.41, 5.74) is 1.12. The maximum Gasteiger partial charge on any atom is 0.137 e. The van der Waals surface area contributed by atoms with E-state index >= 15 is 0 Å². The topological polar surface area (TPSA) is 37.8 Å². The molecule has 0 amide bonds. The van der Waals surface area contributed by atoms with Crippen LogP contribution in [0, 0.1) is 6.92 Å². The number of nitrogens with one attached hydrogen (secondary N) is 1. The lowest BCUT2D eigenvalue weighted by molar-refractivity contribution is 0.537. The van der Waals surface area contributed by atoms with Crippen LogP contribution in [0.3, 0.4) is 0 Å². The van der Waals surface area contributed by atoms with Gasteiger partial charge < -0.3 is 5.32 Å². The highest BCUT2D eigenvalue weighted by Gasteiger charge is 2.23. The predicted octanol–water partition coefficient (Wildman–Crippen LogP) is 4.80. The van der Waals surface area contributed by atoms with Crippen LogP contribution < -0.4 is 5.32 Å². The van der Waals surface area contributed by atoms with E-state index in [-0.39, 0.29) is 10.2 Å². The van der Waals surface area contributed by atoms with Gasteiger partial charge in [-0.2, -0.15) is 0 Å². The Bertz CT molecular complexity index is 456. The minimum absolute atomic E-state index is 0.0382. The summed E-state index contributed by atoms with van der Waals surface area (Å²) in [5, 5.41) is 4.53. The Morgan fingerprint density at radius 2 is 1.65 bits per heavy atom. The van der Waals surface area contributed by atoms with E-state index < -0.39 is 0 Å². The standard InChI is InChI=1S/C16H29N3S/c1-9-10-17-12-11(2)13(20-16(6,7)8)19-14(18-12)15(3,4)5/h9-10H2,1-8H3,(H,17,18,19). The van der Waals surface area contributed by atoms with E-state index in [1.54, 1.807) is 0 Å². The van der Waals surface area contributed by atoms with Gasteiger partial charge in [0.1, 0.15) is 16.7 Å². The summed E-state index contributed by atoms with van der Waals surface area (Å²) in [7, 11) is 0. The third-order valence-corrected chi connectivity index (χ3v) is 3.92. The number of rotatable bonds is 4. The normalized spacial score (nSPS) is 12.6. The molecule has 0 saturated heterocycles. The van der Waals surface area contributed by atoms with Crippen LogP contribution >= 0.6 is 11.8 Å². The highest BCUT2D eigenvalue weighted by Crippen LogP contribution is 2.36. The number of anilines is 1. The van der Waals surface area contributed by atoms with E-state index in [4.69, 9.17) is 9.97 Å². The molecule has 114 valence electrons. The monoisotopic (exact) mass is 295 g/mol. The highest BCUT2D eigenvalue weighted by atomic mass is 32.2. The van der Waals surface area contributed by atoms with Crippen molar-refractivity contribution in [3.05, 3.63) is 11.4 Å². The van der Waals surface area contributed by atoms with E-state index in [1.165, 1.54) is 0 Å². The molecule has 20 heavy (non-hydrogen) atoms. The van der Waals surface area contributed by atoms with Crippen molar-refractivity contribution in [2.75, 3.05) is 11.9 Å². The van der Waals surface area contributed by atoms with Crippen molar-refractivity contribution in [2.24, 2.45) is 0 Å². The zero-order valence-corrected chi connectivity index (χ0v) is 15.0. The number of aromatic nitrogens is 2. The van der Waals surface area contributed by atoms with Gasteiger partial charge in [-0.05, 0) is 13.3 Å². The van der Waals surface area contributed by atoms with Crippen molar-refractivity contribution in [3.8, 4) is 0 Å². The smallest absolute Gasteiger partial charge is 0.137 e. The van der Waals surface area contributed by atoms with Gasteiger partial charge in [-0.25, -0.2) is 9.97 Å². The lowest BCUT2D eigenvalue weighted by Crippen LogP contribution is -2.20. The second-order valence-electron chi connectivity index (χ2n) is 7.22. The second-order valence-corrected chi connectivity index (χ2v) is 9.03. The molecule has 0 bridgehead atoms. The number of thioether (sulfide) groups is 1. The van der Waals surface area contributed by atoms with E-state index in [1.807, 2.05) is 11.8 Å². The van der Waals surface area contributed by atoms with Crippen LogP contribution in [-0.4, -0.2) is 21.3 Å². The average Bonchev–Trinajstić information content (AvgIpc) is 2.27. The molecule has 4 heteroatoms. The van der Waals surface area contributed by atoms with Crippen LogP contribution in [0.1, 0.15) is 66.3 Å². The molecular formula is C16H29N3S. The van der Waals surface area contributed by atoms with Gasteiger partial charge in [0, 0.05) is 22.3 Å². The molecule has 1 aromatic heterocycles. The lowest BCUT2D eigenvalue weighted by atomic mass is 9.95. The summed E-state index contributed by atoms with van der Waals surface area (Å²) in [6.07, 6.45) is 1.09. The van der Waals surface area contributed by atoms with Gasteiger partial charge in [0.2, 0.25) is 0 Å². The Kier molecular flexibility index (Phi) is 5.47. The van der Waals surface area contributed by atoms with E-state index in [2.05, 4.69) is 60.7 Å². The Morgan fingerprint density at radius 3 is 2.10 bits per heavy atom. The van der Waals surface area contributed by atoms with Gasteiger partial charge in [0.05, 0.1) is 0 Å². The quantitative estimate of drug-likeness (QED) is 0.640. The number of nitrogens with zero attached hydrogens (tertiary/aromatic N) is 2. The Hall–Kier alpha value is -0.770. The van der Waals surface area contributed by atoms with E-state index in [0.29, 0.717) is 0 Å². The van der Waals surface area contributed by atoms with Crippen molar-refractivity contribution >= 4 is 17.6 Å². The van der Waals surface area contributed by atoms with Crippen LogP contribution in [0.25, 0.3) is 0 Å². The van der Waals surface area contributed by atoms with Crippen molar-refractivity contribution in [1.82, 2.24) is 9.97 Å². The maximum atomic E-state index is 4.81. The SMILES string of the molecule is CCCNc1nc(C(C)(C)C)nc(SC(C)(C)C)c1C. The Morgan fingerprint density at radius 1 is 1.05 bits per heavy atom. The third-order valence-electron chi connectivity index (χ3n) is 2.72. The summed E-state index contributed by atoms with van der Waals surface area (Å²) in [6.45, 7) is 18.4. The molecular weight excluding hydrogens is 266 g/mol. The first-order valence-electron chi connectivity index (χ1n) is 7.36. The van der Waals surface area contributed by atoms with E-state index in [9.17, 15) is 0 Å². The highest BCUT2D eigenvalue weighted by molar-refractivity contribution is 8.00. The van der Waals surface area contributed by atoms with Gasteiger partial charge in [-0.3, -0.25) is 0 Å². The molecule has 0 fully saturated rings. The molecule has 0 atom stereocenters. The zero-order valence-electron chi connectivity index (χ0n) is 14.2. The third kappa shape index (κ3) is 4.97. The lowest BCUT2D eigenvalue weighted by Gasteiger charge is -2.23. The number of hydrogen-bond acceptors (Lipinski definition) is 4. The molecule has 0 aromatic carbocycles. The number of hydrogen-bond donors (Lipinski definition) is 1. The molecule has 0 aliphatic carbocycles. The zero-order chi connectivity index (χ0) is 15.6. The molecule has 0 aliphatic rings. The first-order valence-corrected chi connectivity index (χ1v) is 8.18. The van der Waals surface area contributed by atoms with Gasteiger partial charge in [-0.1, -0.05) is 48.5 Å². The van der Waals surface area contributed by atoms with Crippen molar-refractivity contribution in [1.29, 1.82) is 0 Å². The van der Waals surface area contributed by atoms with Gasteiger partial charge in [-0.15, -0.1) is 11.8 Å². The fourth-order valence-corrected chi connectivity index (χ4v) is 2.60. The molecule has 0 saturated carbocycles. The molecule has 1 N–H and O–H groups in total. The van der Waals surface area contributed by atoms with Gasteiger partial charge >= 0.3 is 0 Å². The van der Waals surface area contributed by atoms with Crippen molar-refractivity contribution in [2.45, 2.75) is 77.0 Å². The summed E-state index contributed by atoms with van der Waals surface area (Å²) < 4.78 is 0.149. The molecule has 1 aromatic rings. The van der Waals surface area contributed by atoms with Crippen LogP contribution in [0.2, 0.25) is 0 Å². The van der Waals surface area contributed by atoms with E-state index in [0.717, 1.165) is 35.2 Å². The van der Waals surface area contributed by atoms with Crippen molar-refractivity contribution < 1.29 is 0 Å². The van der Waals surface area contributed by atoms with Crippen LogP contribution in [0.15, 0.2) is 5.03 Å². The van der Waals surface area contributed by atoms with Gasteiger partial charge in [0.15, 0.2) is 0 Å². The molecule has 0 unspecified atom stereocenters. The largest absolute Gasteiger partial charge is 0.370 e. The molecule has 0 radical (unpaired) electrons. The minimum Gasteiger partial charge on any atom is -0.370 e. The predicted molar refractivity (Wildman–Crippen MR) is 89.9 cm³/mol. The van der Waals surface area contributed by atoms with Crippen LogP contribution in [-0.2, 0) is 5.41 Å². The molecule has 1 heterocycles. The first kappa shape index (κ1) is 17.3. The molecule has 0 aliphatic heterocycles. The van der Waals surface area contributed by atoms with Crippen molar-refractivity contribution in [3.63, 3.8) is 0 Å². The average molecular weight is 295 g/mol. The Balaban J connectivity index is 3.27. The maximum absolute atomic E-state index is 4.81. The Labute approximate surface area is 128 Å².